The van der Waals surface area contributed by atoms with Crippen LogP contribution >= 0.6 is 0 Å². The van der Waals surface area contributed by atoms with Gasteiger partial charge in [-0.3, -0.25) is 9.69 Å². The lowest BCUT2D eigenvalue weighted by Crippen LogP contribution is -2.49. The highest BCUT2D eigenvalue weighted by Gasteiger charge is 2.19. The number of piperazine rings is 1. The van der Waals surface area contributed by atoms with E-state index in [0.29, 0.717) is 12.1 Å². The summed E-state index contributed by atoms with van der Waals surface area (Å²) >= 11 is 0. The van der Waals surface area contributed by atoms with Crippen LogP contribution in [0, 0.1) is 0 Å². The lowest BCUT2D eigenvalue weighted by molar-refractivity contribution is 0.0474. The number of primary amides is 1. The van der Waals surface area contributed by atoms with Crippen molar-refractivity contribution >= 4 is 16.7 Å². The fourth-order valence-corrected chi connectivity index (χ4v) is 4.29. The maximum Gasteiger partial charge on any atom is 0.248 e. The molecule has 3 aromatic rings. The molecule has 0 bridgehead atoms. The second kappa shape index (κ2) is 10.1. The summed E-state index contributed by atoms with van der Waals surface area (Å²) in [4.78, 5) is 16.1. The van der Waals surface area contributed by atoms with Crippen molar-refractivity contribution in [2.45, 2.75) is 13.0 Å². The Morgan fingerprint density at radius 3 is 2.28 bits per heavy atom. The minimum absolute atomic E-state index is 0.255. The van der Waals surface area contributed by atoms with E-state index in [4.69, 9.17) is 10.5 Å². The van der Waals surface area contributed by atoms with Crippen molar-refractivity contribution in [3.05, 3.63) is 66.2 Å². The average molecular weight is 434 g/mol. The van der Waals surface area contributed by atoms with Crippen LogP contribution in [0.15, 0.2) is 60.7 Å². The number of hydrogen-bond donors (Lipinski definition) is 2. The number of β-amino-alcohol motifs (C(OH)–C–C–N with tert-alkyl or cyclic N) is 1. The molecule has 1 saturated heterocycles. The van der Waals surface area contributed by atoms with E-state index in [1.165, 1.54) is 0 Å². The molecule has 1 amide bonds. The van der Waals surface area contributed by atoms with Gasteiger partial charge < -0.3 is 20.5 Å². The molecular weight excluding hydrogens is 402 g/mol. The number of fused-ring (bicyclic) bond motifs is 1. The number of benzene rings is 3. The number of carbonyl (C=O) groups is 1. The monoisotopic (exact) mass is 433 g/mol. The molecule has 0 aromatic heterocycles. The first kappa shape index (κ1) is 22.3. The number of carbonyl (C=O) groups excluding carboxylic acids is 1. The van der Waals surface area contributed by atoms with Gasteiger partial charge in [-0.2, -0.15) is 0 Å². The average Bonchev–Trinajstić information content (AvgIpc) is 2.83. The van der Waals surface area contributed by atoms with Gasteiger partial charge in [-0.1, -0.05) is 49.4 Å². The van der Waals surface area contributed by atoms with Gasteiger partial charge in [0, 0.05) is 43.7 Å². The molecule has 0 spiro atoms. The van der Waals surface area contributed by atoms with Crippen molar-refractivity contribution in [1.29, 1.82) is 0 Å². The highest BCUT2D eigenvalue weighted by Crippen LogP contribution is 2.34. The van der Waals surface area contributed by atoms with E-state index >= 15 is 0 Å². The van der Waals surface area contributed by atoms with Crippen LogP contribution in [0.3, 0.4) is 0 Å². The van der Waals surface area contributed by atoms with Crippen LogP contribution in [0.1, 0.15) is 17.3 Å². The maximum absolute atomic E-state index is 11.4. The molecule has 0 aliphatic carbocycles. The van der Waals surface area contributed by atoms with E-state index < -0.39 is 12.0 Å². The van der Waals surface area contributed by atoms with Gasteiger partial charge in [0.15, 0.2) is 0 Å². The van der Waals surface area contributed by atoms with Crippen LogP contribution < -0.4 is 10.5 Å². The van der Waals surface area contributed by atoms with Crippen LogP contribution in [0.2, 0.25) is 0 Å². The number of rotatable bonds is 8. The molecule has 4 rings (SSSR count). The van der Waals surface area contributed by atoms with Gasteiger partial charge >= 0.3 is 0 Å². The molecule has 0 radical (unpaired) electrons. The molecule has 0 saturated carbocycles. The fraction of sp³-hybridized carbons (Fsp3) is 0.346. The van der Waals surface area contributed by atoms with Gasteiger partial charge in [0.05, 0.1) is 0 Å². The minimum atomic E-state index is -0.539. The number of ether oxygens (including phenoxy) is 1. The summed E-state index contributed by atoms with van der Waals surface area (Å²) in [6.45, 7) is 8.22. The Kier molecular flexibility index (Phi) is 7.05. The summed E-state index contributed by atoms with van der Waals surface area (Å²) in [6, 6.07) is 19.3. The standard InChI is InChI=1S/C26H31N3O3/c1-2-28-13-15-29(16-14-28)17-21(30)18-32-25-12-11-22(23-5-3-4-6-24(23)25)19-7-9-20(10-8-19)26(27)31/h3-12,21,30H,2,13-18H2,1H3,(H2,27,31). The molecule has 32 heavy (non-hydrogen) atoms. The lowest BCUT2D eigenvalue weighted by Gasteiger charge is -2.34. The Bertz CT molecular complexity index is 1060. The molecule has 6 nitrogen and oxygen atoms in total. The number of nitrogens with zero attached hydrogens (tertiary/aromatic N) is 2. The molecule has 1 heterocycles. The predicted molar refractivity (Wildman–Crippen MR) is 128 cm³/mol. The summed E-state index contributed by atoms with van der Waals surface area (Å²) in [5.41, 5.74) is 7.91. The zero-order valence-corrected chi connectivity index (χ0v) is 18.5. The first-order chi connectivity index (χ1) is 15.5. The topological polar surface area (TPSA) is 79.0 Å². The van der Waals surface area contributed by atoms with Crippen LogP contribution in [-0.2, 0) is 0 Å². The Hall–Kier alpha value is -2.93. The maximum atomic E-state index is 11.4. The van der Waals surface area contributed by atoms with Crippen LogP contribution in [-0.4, -0.2) is 72.8 Å². The molecule has 1 fully saturated rings. The molecule has 1 unspecified atom stereocenters. The van der Waals surface area contributed by atoms with Gasteiger partial charge in [0.25, 0.3) is 0 Å². The number of aliphatic hydroxyl groups is 1. The summed E-state index contributed by atoms with van der Waals surface area (Å²) in [6.07, 6.45) is -0.539. The highest BCUT2D eigenvalue weighted by atomic mass is 16.5. The smallest absolute Gasteiger partial charge is 0.248 e. The number of hydrogen-bond acceptors (Lipinski definition) is 5. The van der Waals surface area contributed by atoms with Crippen molar-refractivity contribution in [2.75, 3.05) is 45.9 Å². The second-order valence-corrected chi connectivity index (χ2v) is 8.30. The van der Waals surface area contributed by atoms with Gasteiger partial charge in [0.2, 0.25) is 5.91 Å². The van der Waals surface area contributed by atoms with Crippen LogP contribution in [0.25, 0.3) is 21.9 Å². The highest BCUT2D eigenvalue weighted by molar-refractivity contribution is 6.00. The largest absolute Gasteiger partial charge is 0.490 e. The van der Waals surface area contributed by atoms with E-state index in [0.717, 1.165) is 60.4 Å². The number of likely N-dealkylation sites (N-methyl/N-ethyl adjacent to an activating group) is 1. The van der Waals surface area contributed by atoms with Gasteiger partial charge in [-0.25, -0.2) is 0 Å². The Morgan fingerprint density at radius 1 is 0.969 bits per heavy atom. The summed E-state index contributed by atoms with van der Waals surface area (Å²) in [5.74, 6) is 0.323. The normalized spacial score (nSPS) is 16.2. The van der Waals surface area contributed by atoms with Gasteiger partial charge in [0.1, 0.15) is 18.5 Å². The minimum Gasteiger partial charge on any atom is -0.490 e. The summed E-state index contributed by atoms with van der Waals surface area (Å²) < 4.78 is 6.06. The third-order valence-electron chi connectivity index (χ3n) is 6.18. The lowest BCUT2D eigenvalue weighted by atomic mass is 9.97. The van der Waals surface area contributed by atoms with Gasteiger partial charge in [-0.15, -0.1) is 0 Å². The second-order valence-electron chi connectivity index (χ2n) is 8.30. The number of amides is 1. The summed E-state index contributed by atoms with van der Waals surface area (Å²) in [7, 11) is 0. The van der Waals surface area contributed by atoms with E-state index in [1.54, 1.807) is 12.1 Å². The molecule has 3 N–H and O–H groups in total. The fourth-order valence-electron chi connectivity index (χ4n) is 4.29. The molecule has 1 aliphatic heterocycles. The van der Waals surface area contributed by atoms with Crippen LogP contribution in [0.5, 0.6) is 5.75 Å². The molecule has 3 aromatic carbocycles. The number of aliphatic hydroxyl groups excluding tert-OH is 1. The van der Waals surface area contributed by atoms with E-state index in [2.05, 4.69) is 22.8 Å². The Labute approximate surface area is 189 Å². The molecule has 168 valence electrons. The zero-order chi connectivity index (χ0) is 22.5. The molecule has 1 atom stereocenters. The summed E-state index contributed by atoms with van der Waals surface area (Å²) in [5, 5.41) is 12.6. The van der Waals surface area contributed by atoms with Crippen molar-refractivity contribution in [3.8, 4) is 16.9 Å². The zero-order valence-electron chi connectivity index (χ0n) is 18.5. The van der Waals surface area contributed by atoms with Crippen LogP contribution in [0.4, 0.5) is 0 Å². The SMILES string of the molecule is CCN1CCN(CC(O)COc2ccc(-c3ccc(C(N)=O)cc3)c3ccccc23)CC1. The first-order valence-electron chi connectivity index (χ1n) is 11.2. The number of nitrogens with two attached hydrogens (primary N) is 1. The third kappa shape index (κ3) is 5.10. The van der Waals surface area contributed by atoms with Gasteiger partial charge in [-0.05, 0) is 41.3 Å². The quantitative estimate of drug-likeness (QED) is 0.571. The van der Waals surface area contributed by atoms with E-state index in [9.17, 15) is 9.90 Å². The van der Waals surface area contributed by atoms with Crippen molar-refractivity contribution < 1.29 is 14.6 Å². The Balaban J connectivity index is 1.46. The van der Waals surface area contributed by atoms with E-state index in [1.807, 2.05) is 42.5 Å². The van der Waals surface area contributed by atoms with Crippen molar-refractivity contribution in [1.82, 2.24) is 9.80 Å². The molecule has 1 aliphatic rings. The van der Waals surface area contributed by atoms with E-state index in [-0.39, 0.29) is 6.61 Å². The third-order valence-corrected chi connectivity index (χ3v) is 6.18. The Morgan fingerprint density at radius 2 is 1.62 bits per heavy atom. The van der Waals surface area contributed by atoms with Crippen molar-refractivity contribution in [2.24, 2.45) is 5.73 Å². The predicted octanol–water partition coefficient (Wildman–Crippen LogP) is 2.98. The first-order valence-corrected chi connectivity index (χ1v) is 11.2. The van der Waals surface area contributed by atoms with Crippen molar-refractivity contribution in [3.63, 3.8) is 0 Å². The molecule has 6 heteroatoms. The molecular formula is C26H31N3O3.